The van der Waals surface area contributed by atoms with E-state index in [9.17, 15) is 4.39 Å². The van der Waals surface area contributed by atoms with Gasteiger partial charge in [-0.05, 0) is 23.8 Å². The van der Waals surface area contributed by atoms with Crippen LogP contribution in [0.4, 0.5) is 4.39 Å². The van der Waals surface area contributed by atoms with E-state index in [1.807, 2.05) is 18.2 Å². The molecular weight excluding hydrogens is 347 g/mol. The molecule has 5 heteroatoms. The molecule has 0 aliphatic heterocycles. The Morgan fingerprint density at radius 3 is 2.65 bits per heavy atom. The molecule has 0 atom stereocenters. The molecule has 0 unspecified atom stereocenters. The van der Waals surface area contributed by atoms with Crippen LogP contribution >= 0.6 is 27.5 Å². The van der Waals surface area contributed by atoms with Crippen molar-refractivity contribution in [2.24, 2.45) is 0 Å². The second-order valence-electron chi connectivity index (χ2n) is 4.14. The fraction of sp³-hybridized carbons (Fsp3) is 0.200. The number of alkyl halides is 1. The number of halogens is 3. The van der Waals surface area contributed by atoms with E-state index in [1.165, 1.54) is 6.07 Å². The number of hydrogen-bond acceptors (Lipinski definition) is 2. The molecule has 0 saturated heterocycles. The third-order valence-corrected chi connectivity index (χ3v) is 3.69. The van der Waals surface area contributed by atoms with Gasteiger partial charge in [0.2, 0.25) is 0 Å². The van der Waals surface area contributed by atoms with E-state index in [0.717, 1.165) is 22.6 Å². The van der Waals surface area contributed by atoms with Crippen LogP contribution < -0.4 is 9.47 Å². The summed E-state index contributed by atoms with van der Waals surface area (Å²) in [5.74, 6) is 1.02. The van der Waals surface area contributed by atoms with Gasteiger partial charge in [0.1, 0.15) is 23.9 Å². The van der Waals surface area contributed by atoms with E-state index in [-0.39, 0.29) is 5.02 Å². The second kappa shape index (κ2) is 6.95. The molecule has 0 radical (unpaired) electrons. The predicted molar refractivity (Wildman–Crippen MR) is 81.4 cm³/mol. The molecule has 0 amide bonds. The van der Waals surface area contributed by atoms with Gasteiger partial charge in [-0.15, -0.1) is 0 Å². The van der Waals surface area contributed by atoms with Gasteiger partial charge in [0.05, 0.1) is 12.1 Å². The standard InChI is InChI=1S/C15H13BrClFO2/c1-19-12-4-3-11(8-16)15(7-12)20-9-10-2-5-14(18)13(17)6-10/h2-7H,8-9H2,1H3. The van der Waals surface area contributed by atoms with Crippen molar-refractivity contribution in [3.63, 3.8) is 0 Å². The minimum Gasteiger partial charge on any atom is -0.497 e. The van der Waals surface area contributed by atoms with Crippen molar-refractivity contribution in [3.05, 3.63) is 58.4 Å². The minimum atomic E-state index is -0.432. The van der Waals surface area contributed by atoms with Crippen LogP contribution in [0, 0.1) is 5.82 Å². The zero-order chi connectivity index (χ0) is 14.5. The van der Waals surface area contributed by atoms with Gasteiger partial charge in [-0.25, -0.2) is 4.39 Å². The Morgan fingerprint density at radius 1 is 1.20 bits per heavy atom. The van der Waals surface area contributed by atoms with Gasteiger partial charge in [0, 0.05) is 17.0 Å². The van der Waals surface area contributed by atoms with Crippen molar-refractivity contribution < 1.29 is 13.9 Å². The highest BCUT2D eigenvalue weighted by Gasteiger charge is 2.07. The molecule has 0 aromatic heterocycles. The third kappa shape index (κ3) is 3.64. The number of hydrogen-bond donors (Lipinski definition) is 0. The van der Waals surface area contributed by atoms with Crippen LogP contribution in [0.1, 0.15) is 11.1 Å². The van der Waals surface area contributed by atoms with Gasteiger partial charge in [0.25, 0.3) is 0 Å². The topological polar surface area (TPSA) is 18.5 Å². The summed E-state index contributed by atoms with van der Waals surface area (Å²) in [5, 5.41) is 0.772. The van der Waals surface area contributed by atoms with E-state index < -0.39 is 5.82 Å². The summed E-state index contributed by atoms with van der Waals surface area (Å²) in [6, 6.07) is 10.2. The maximum Gasteiger partial charge on any atom is 0.141 e. The Labute approximate surface area is 130 Å². The van der Waals surface area contributed by atoms with E-state index in [4.69, 9.17) is 21.1 Å². The van der Waals surface area contributed by atoms with Gasteiger partial charge in [-0.1, -0.05) is 39.7 Å². The second-order valence-corrected chi connectivity index (χ2v) is 5.11. The number of rotatable bonds is 5. The highest BCUT2D eigenvalue weighted by molar-refractivity contribution is 9.08. The smallest absolute Gasteiger partial charge is 0.141 e. The molecule has 0 fully saturated rings. The van der Waals surface area contributed by atoms with Crippen LogP contribution in [0.25, 0.3) is 0 Å². The normalized spacial score (nSPS) is 10.4. The molecule has 0 aliphatic rings. The van der Waals surface area contributed by atoms with Crippen LogP contribution in [0.15, 0.2) is 36.4 Å². The first-order valence-electron chi connectivity index (χ1n) is 5.93. The van der Waals surface area contributed by atoms with Crippen LogP contribution in [0.5, 0.6) is 11.5 Å². The predicted octanol–water partition coefficient (Wildman–Crippen LogP) is 4.96. The van der Waals surface area contributed by atoms with E-state index >= 15 is 0 Å². The lowest BCUT2D eigenvalue weighted by Gasteiger charge is -2.12. The first-order chi connectivity index (χ1) is 9.63. The fourth-order valence-corrected chi connectivity index (χ4v) is 2.36. The molecular formula is C15H13BrClFO2. The number of benzene rings is 2. The largest absolute Gasteiger partial charge is 0.497 e. The minimum absolute atomic E-state index is 0.0949. The highest BCUT2D eigenvalue weighted by Crippen LogP contribution is 2.27. The fourth-order valence-electron chi connectivity index (χ4n) is 1.70. The molecule has 2 aromatic carbocycles. The zero-order valence-corrected chi connectivity index (χ0v) is 13.2. The summed E-state index contributed by atoms with van der Waals surface area (Å²) in [6.45, 7) is 0.313. The third-order valence-electron chi connectivity index (χ3n) is 2.80. The number of ether oxygens (including phenoxy) is 2. The Morgan fingerprint density at radius 2 is 2.00 bits per heavy atom. The lowest BCUT2D eigenvalue weighted by atomic mass is 10.2. The van der Waals surface area contributed by atoms with Gasteiger partial charge < -0.3 is 9.47 Å². The molecule has 2 rings (SSSR count). The van der Waals surface area contributed by atoms with Crippen LogP contribution in [-0.4, -0.2) is 7.11 Å². The molecule has 0 heterocycles. The monoisotopic (exact) mass is 358 g/mol. The quantitative estimate of drug-likeness (QED) is 0.702. The van der Waals surface area contributed by atoms with Crippen LogP contribution in [0.2, 0.25) is 5.02 Å². The van der Waals surface area contributed by atoms with Crippen molar-refractivity contribution in [1.82, 2.24) is 0 Å². The SMILES string of the molecule is COc1ccc(CBr)c(OCc2ccc(F)c(Cl)c2)c1. The summed E-state index contributed by atoms with van der Waals surface area (Å²) in [7, 11) is 1.60. The van der Waals surface area contributed by atoms with E-state index in [0.29, 0.717) is 11.9 Å². The molecule has 2 aromatic rings. The Bertz CT molecular complexity index is 604. The summed E-state index contributed by atoms with van der Waals surface area (Å²) in [6.07, 6.45) is 0. The van der Waals surface area contributed by atoms with Crippen LogP contribution in [0.3, 0.4) is 0 Å². The van der Waals surface area contributed by atoms with Crippen molar-refractivity contribution >= 4 is 27.5 Å². The van der Waals surface area contributed by atoms with Gasteiger partial charge >= 0.3 is 0 Å². The van der Waals surface area contributed by atoms with Crippen molar-refractivity contribution in [1.29, 1.82) is 0 Å². The Hall–Kier alpha value is -1.26. The average molecular weight is 360 g/mol. The Balaban J connectivity index is 2.15. The van der Waals surface area contributed by atoms with Gasteiger partial charge in [-0.3, -0.25) is 0 Å². The lowest BCUT2D eigenvalue weighted by Crippen LogP contribution is -1.99. The first-order valence-corrected chi connectivity index (χ1v) is 7.43. The maximum atomic E-state index is 13.1. The molecule has 0 saturated carbocycles. The van der Waals surface area contributed by atoms with E-state index in [1.54, 1.807) is 19.2 Å². The lowest BCUT2D eigenvalue weighted by molar-refractivity contribution is 0.301. The molecule has 0 bridgehead atoms. The molecule has 106 valence electrons. The van der Waals surface area contributed by atoms with Crippen molar-refractivity contribution in [2.45, 2.75) is 11.9 Å². The van der Waals surface area contributed by atoms with Crippen molar-refractivity contribution in [3.8, 4) is 11.5 Å². The molecule has 2 nitrogen and oxygen atoms in total. The average Bonchev–Trinajstić information content (AvgIpc) is 2.48. The molecule has 0 spiro atoms. The van der Waals surface area contributed by atoms with E-state index in [2.05, 4.69) is 15.9 Å². The summed E-state index contributed by atoms with van der Waals surface area (Å²) in [4.78, 5) is 0. The number of methoxy groups -OCH3 is 1. The highest BCUT2D eigenvalue weighted by atomic mass is 79.9. The summed E-state index contributed by atoms with van der Waals surface area (Å²) < 4.78 is 24.0. The van der Waals surface area contributed by atoms with Gasteiger partial charge in [-0.2, -0.15) is 0 Å². The maximum absolute atomic E-state index is 13.1. The van der Waals surface area contributed by atoms with Crippen molar-refractivity contribution in [2.75, 3.05) is 7.11 Å². The molecule has 20 heavy (non-hydrogen) atoms. The van der Waals surface area contributed by atoms with Gasteiger partial charge in [0.15, 0.2) is 0 Å². The summed E-state index contributed by atoms with van der Waals surface area (Å²) >= 11 is 9.15. The first kappa shape index (κ1) is 15.1. The van der Waals surface area contributed by atoms with Crippen LogP contribution in [-0.2, 0) is 11.9 Å². The molecule has 0 N–H and O–H groups in total. The molecule has 0 aliphatic carbocycles. The summed E-state index contributed by atoms with van der Waals surface area (Å²) in [5.41, 5.74) is 1.82. The Kier molecular flexibility index (Phi) is 5.26. The zero-order valence-electron chi connectivity index (χ0n) is 10.8.